The molecule has 2 aliphatic rings. The monoisotopic (exact) mass is 341 g/mol. The molecule has 5 nitrogen and oxygen atoms in total. The van der Waals surface area contributed by atoms with Crippen LogP contribution in [0.2, 0.25) is 0 Å². The average Bonchev–Trinajstić information content (AvgIpc) is 3.41. The van der Waals surface area contributed by atoms with Gasteiger partial charge in [-0.1, -0.05) is 30.3 Å². The van der Waals surface area contributed by atoms with Crippen molar-refractivity contribution in [2.24, 2.45) is 0 Å². The van der Waals surface area contributed by atoms with E-state index in [2.05, 4.69) is 15.5 Å². The number of carbonyl (C=O) groups is 2. The molecule has 1 heterocycles. The van der Waals surface area contributed by atoms with Crippen LogP contribution >= 0.6 is 0 Å². The minimum Gasteiger partial charge on any atom is -0.352 e. The molecule has 1 aromatic rings. The number of nitrogens with one attached hydrogen (secondary N) is 2. The van der Waals surface area contributed by atoms with E-state index in [9.17, 15) is 9.59 Å². The van der Waals surface area contributed by atoms with Gasteiger partial charge in [0.15, 0.2) is 0 Å². The van der Waals surface area contributed by atoms with Gasteiger partial charge in [0.1, 0.15) is 0 Å². The zero-order valence-corrected chi connectivity index (χ0v) is 14.8. The Hall–Kier alpha value is -2.14. The van der Waals surface area contributed by atoms with Gasteiger partial charge in [-0.05, 0) is 43.7 Å². The van der Waals surface area contributed by atoms with Crippen LogP contribution in [0.4, 0.5) is 0 Å². The maximum Gasteiger partial charge on any atom is 0.244 e. The van der Waals surface area contributed by atoms with Crippen LogP contribution in [0.1, 0.15) is 38.2 Å². The summed E-state index contributed by atoms with van der Waals surface area (Å²) in [4.78, 5) is 26.2. The van der Waals surface area contributed by atoms with E-state index in [0.717, 1.165) is 49.9 Å². The van der Waals surface area contributed by atoms with Crippen LogP contribution in [0.3, 0.4) is 0 Å². The van der Waals surface area contributed by atoms with E-state index in [1.165, 1.54) is 0 Å². The number of likely N-dealkylation sites (tertiary alicyclic amines) is 1. The van der Waals surface area contributed by atoms with Crippen molar-refractivity contribution in [1.29, 1.82) is 0 Å². The SMILES string of the molecule is C/C(=C/C(=O)NC1CCN(CC(=O)NC2CC2)CC1)c1ccccc1. The number of hydrogen-bond acceptors (Lipinski definition) is 3. The molecule has 25 heavy (non-hydrogen) atoms. The molecule has 1 aliphatic heterocycles. The molecule has 134 valence electrons. The van der Waals surface area contributed by atoms with Gasteiger partial charge in [0, 0.05) is 31.2 Å². The highest BCUT2D eigenvalue weighted by Crippen LogP contribution is 2.18. The van der Waals surface area contributed by atoms with Crippen molar-refractivity contribution in [3.63, 3.8) is 0 Å². The van der Waals surface area contributed by atoms with Crippen LogP contribution in [0.5, 0.6) is 0 Å². The lowest BCUT2D eigenvalue weighted by Gasteiger charge is -2.31. The fraction of sp³-hybridized carbons (Fsp3) is 0.500. The number of nitrogens with zero attached hydrogens (tertiary/aromatic N) is 1. The van der Waals surface area contributed by atoms with Crippen molar-refractivity contribution in [3.05, 3.63) is 42.0 Å². The summed E-state index contributed by atoms with van der Waals surface area (Å²) in [6.45, 7) is 4.13. The second-order valence-corrected chi connectivity index (χ2v) is 7.09. The lowest BCUT2D eigenvalue weighted by Crippen LogP contribution is -2.47. The van der Waals surface area contributed by atoms with Gasteiger partial charge in [-0.15, -0.1) is 0 Å². The predicted octanol–water partition coefficient (Wildman–Crippen LogP) is 1.95. The zero-order chi connectivity index (χ0) is 17.6. The maximum atomic E-state index is 12.2. The van der Waals surface area contributed by atoms with Crippen molar-refractivity contribution < 1.29 is 9.59 Å². The molecule has 0 bridgehead atoms. The topological polar surface area (TPSA) is 61.4 Å². The van der Waals surface area contributed by atoms with Crippen molar-refractivity contribution in [2.75, 3.05) is 19.6 Å². The average molecular weight is 341 g/mol. The number of carbonyl (C=O) groups excluding carboxylic acids is 2. The summed E-state index contributed by atoms with van der Waals surface area (Å²) in [5, 5.41) is 6.12. The molecule has 0 aromatic heterocycles. The van der Waals surface area contributed by atoms with Crippen LogP contribution in [0.15, 0.2) is 36.4 Å². The normalized spacial score (nSPS) is 19.5. The summed E-state index contributed by atoms with van der Waals surface area (Å²) in [7, 11) is 0. The molecule has 0 spiro atoms. The molecule has 1 saturated heterocycles. The molecule has 2 fully saturated rings. The Morgan fingerprint density at radius 1 is 1.04 bits per heavy atom. The highest BCUT2D eigenvalue weighted by atomic mass is 16.2. The summed E-state index contributed by atoms with van der Waals surface area (Å²) in [6.07, 6.45) is 5.69. The van der Waals surface area contributed by atoms with Crippen molar-refractivity contribution in [1.82, 2.24) is 15.5 Å². The van der Waals surface area contributed by atoms with Crippen LogP contribution < -0.4 is 10.6 Å². The van der Waals surface area contributed by atoms with Gasteiger partial charge in [0.2, 0.25) is 11.8 Å². The zero-order valence-electron chi connectivity index (χ0n) is 14.8. The second-order valence-electron chi connectivity index (χ2n) is 7.09. The predicted molar refractivity (Wildman–Crippen MR) is 98.9 cm³/mol. The Morgan fingerprint density at radius 3 is 2.32 bits per heavy atom. The molecule has 1 aromatic carbocycles. The number of hydrogen-bond donors (Lipinski definition) is 2. The fourth-order valence-corrected chi connectivity index (χ4v) is 3.16. The minimum atomic E-state index is -0.0359. The quantitative estimate of drug-likeness (QED) is 0.778. The summed E-state index contributed by atoms with van der Waals surface area (Å²) in [6, 6.07) is 10.5. The molecular formula is C20H27N3O2. The summed E-state index contributed by atoms with van der Waals surface area (Å²) in [5.41, 5.74) is 2.03. The van der Waals surface area contributed by atoms with E-state index in [1.54, 1.807) is 6.08 Å². The van der Waals surface area contributed by atoms with Gasteiger partial charge in [-0.3, -0.25) is 14.5 Å². The first kappa shape index (κ1) is 17.7. The largest absolute Gasteiger partial charge is 0.352 e. The van der Waals surface area contributed by atoms with Crippen molar-refractivity contribution in [2.45, 2.75) is 44.7 Å². The summed E-state index contributed by atoms with van der Waals surface area (Å²) >= 11 is 0. The third-order valence-corrected chi connectivity index (χ3v) is 4.82. The smallest absolute Gasteiger partial charge is 0.244 e. The van der Waals surface area contributed by atoms with E-state index in [-0.39, 0.29) is 17.9 Å². The number of amides is 2. The van der Waals surface area contributed by atoms with Crippen molar-refractivity contribution >= 4 is 17.4 Å². The van der Waals surface area contributed by atoms with E-state index in [0.29, 0.717) is 12.6 Å². The van der Waals surface area contributed by atoms with E-state index in [4.69, 9.17) is 0 Å². The lowest BCUT2D eigenvalue weighted by molar-refractivity contribution is -0.123. The Balaban J connectivity index is 1.40. The molecule has 3 rings (SSSR count). The van der Waals surface area contributed by atoms with E-state index >= 15 is 0 Å². The number of benzene rings is 1. The molecular weight excluding hydrogens is 314 g/mol. The first-order valence-corrected chi connectivity index (χ1v) is 9.16. The van der Waals surface area contributed by atoms with Crippen molar-refractivity contribution in [3.8, 4) is 0 Å². The molecule has 1 saturated carbocycles. The van der Waals surface area contributed by atoms with Gasteiger partial charge in [-0.25, -0.2) is 0 Å². The van der Waals surface area contributed by atoms with Gasteiger partial charge < -0.3 is 10.6 Å². The first-order chi connectivity index (χ1) is 12.1. The summed E-state index contributed by atoms with van der Waals surface area (Å²) < 4.78 is 0. The van der Waals surface area contributed by atoms with Crippen LogP contribution in [0.25, 0.3) is 5.57 Å². The highest BCUT2D eigenvalue weighted by Gasteiger charge is 2.26. The molecule has 0 atom stereocenters. The summed E-state index contributed by atoms with van der Waals surface area (Å²) in [5.74, 6) is 0.0951. The second kappa shape index (κ2) is 8.30. The Labute approximate surface area is 149 Å². The van der Waals surface area contributed by atoms with Gasteiger partial charge in [0.05, 0.1) is 6.54 Å². The van der Waals surface area contributed by atoms with Gasteiger partial charge in [-0.2, -0.15) is 0 Å². The Morgan fingerprint density at radius 2 is 1.68 bits per heavy atom. The standard InChI is InChI=1S/C20H27N3O2/c1-15(16-5-3-2-4-6-16)13-19(24)21-18-9-11-23(12-10-18)14-20(25)22-17-7-8-17/h2-6,13,17-18H,7-12,14H2,1H3,(H,21,24)(H,22,25)/b15-13-. The molecule has 1 aliphatic carbocycles. The van der Waals surface area contributed by atoms with Crippen LogP contribution in [-0.4, -0.2) is 48.4 Å². The van der Waals surface area contributed by atoms with Crippen LogP contribution in [0, 0.1) is 0 Å². The van der Waals surface area contributed by atoms with E-state index < -0.39 is 0 Å². The number of rotatable bonds is 6. The fourth-order valence-electron chi connectivity index (χ4n) is 3.16. The maximum absolute atomic E-state index is 12.2. The molecule has 2 N–H and O–H groups in total. The first-order valence-electron chi connectivity index (χ1n) is 9.16. The molecule has 5 heteroatoms. The van der Waals surface area contributed by atoms with Gasteiger partial charge in [0.25, 0.3) is 0 Å². The highest BCUT2D eigenvalue weighted by molar-refractivity contribution is 5.95. The van der Waals surface area contributed by atoms with Crippen LogP contribution in [-0.2, 0) is 9.59 Å². The Bertz CT molecular complexity index is 630. The third kappa shape index (κ3) is 5.71. The number of piperidine rings is 1. The third-order valence-electron chi connectivity index (χ3n) is 4.82. The lowest BCUT2D eigenvalue weighted by atomic mass is 10.0. The van der Waals surface area contributed by atoms with E-state index in [1.807, 2.05) is 37.3 Å². The van der Waals surface area contributed by atoms with Gasteiger partial charge >= 0.3 is 0 Å². The molecule has 0 unspecified atom stereocenters. The minimum absolute atomic E-state index is 0.0359. The number of allylic oxidation sites excluding steroid dienone is 1. The molecule has 2 amide bonds. The molecule has 0 radical (unpaired) electrons. The Kier molecular flexibility index (Phi) is 5.87.